The standard InChI is InChI=1S/C12H9Cl3N4OS/c1-5-10(21-12(16)18-5)11(20)19-17-4-6-7(13)2-3-8(14)9(6)15/h2-4H,1H3,(H2,16,18)(H,19,20)/b17-4+. The largest absolute Gasteiger partial charge is 0.375 e. The number of amides is 1. The van der Waals surface area contributed by atoms with Gasteiger partial charge in [-0.1, -0.05) is 46.1 Å². The first-order valence-corrected chi connectivity index (χ1v) is 7.55. The van der Waals surface area contributed by atoms with E-state index < -0.39 is 5.91 Å². The maximum atomic E-state index is 11.9. The quantitative estimate of drug-likeness (QED) is 0.495. The second kappa shape index (κ2) is 6.62. The third-order valence-corrected chi connectivity index (χ3v) is 4.59. The van der Waals surface area contributed by atoms with Gasteiger partial charge in [-0.3, -0.25) is 4.79 Å². The lowest BCUT2D eigenvalue weighted by Crippen LogP contribution is -2.17. The van der Waals surface area contributed by atoms with E-state index >= 15 is 0 Å². The van der Waals surface area contributed by atoms with E-state index in [-0.39, 0.29) is 5.02 Å². The molecule has 21 heavy (non-hydrogen) atoms. The summed E-state index contributed by atoms with van der Waals surface area (Å²) in [6.07, 6.45) is 1.33. The molecule has 9 heteroatoms. The van der Waals surface area contributed by atoms with Crippen LogP contribution < -0.4 is 11.2 Å². The van der Waals surface area contributed by atoms with Gasteiger partial charge in [0.2, 0.25) is 0 Å². The summed E-state index contributed by atoms with van der Waals surface area (Å²) in [6.45, 7) is 1.69. The van der Waals surface area contributed by atoms with Crippen LogP contribution in [0.4, 0.5) is 5.13 Å². The molecule has 0 saturated carbocycles. The van der Waals surface area contributed by atoms with E-state index in [0.29, 0.717) is 31.3 Å². The van der Waals surface area contributed by atoms with E-state index in [1.54, 1.807) is 19.1 Å². The second-order valence-corrected chi connectivity index (χ2v) is 6.15. The average molecular weight is 364 g/mol. The van der Waals surface area contributed by atoms with Gasteiger partial charge in [0, 0.05) is 5.56 Å². The van der Waals surface area contributed by atoms with Crippen molar-refractivity contribution in [2.45, 2.75) is 6.92 Å². The number of nitrogens with two attached hydrogens (primary N) is 1. The van der Waals surface area contributed by atoms with Gasteiger partial charge in [0.25, 0.3) is 5.91 Å². The van der Waals surface area contributed by atoms with Crippen molar-refractivity contribution >= 4 is 63.4 Å². The molecule has 1 heterocycles. The van der Waals surface area contributed by atoms with E-state index in [4.69, 9.17) is 40.5 Å². The topological polar surface area (TPSA) is 80.4 Å². The fourth-order valence-electron chi connectivity index (χ4n) is 1.50. The highest BCUT2D eigenvalue weighted by atomic mass is 35.5. The summed E-state index contributed by atoms with van der Waals surface area (Å²) in [5.74, 6) is -0.410. The monoisotopic (exact) mass is 362 g/mol. The van der Waals surface area contributed by atoms with Crippen LogP contribution in [0.2, 0.25) is 15.1 Å². The SMILES string of the molecule is Cc1nc(N)sc1C(=O)N/N=C/c1c(Cl)ccc(Cl)c1Cl. The molecule has 1 aromatic carbocycles. The van der Waals surface area contributed by atoms with Crippen LogP contribution in [0.5, 0.6) is 0 Å². The van der Waals surface area contributed by atoms with Crippen molar-refractivity contribution in [3.8, 4) is 0 Å². The second-order valence-electron chi connectivity index (χ2n) is 3.92. The molecule has 0 bridgehead atoms. The summed E-state index contributed by atoms with van der Waals surface area (Å²) in [7, 11) is 0. The predicted octanol–water partition coefficient (Wildman–Crippen LogP) is 3.76. The zero-order valence-corrected chi connectivity index (χ0v) is 13.7. The van der Waals surface area contributed by atoms with Crippen molar-refractivity contribution in [2.24, 2.45) is 5.10 Å². The van der Waals surface area contributed by atoms with E-state index in [1.165, 1.54) is 6.21 Å². The average Bonchev–Trinajstić information content (AvgIpc) is 2.77. The van der Waals surface area contributed by atoms with Crippen LogP contribution in [0.3, 0.4) is 0 Å². The number of carbonyl (C=O) groups excluding carboxylic acids is 1. The number of nitrogen functional groups attached to an aromatic ring is 1. The Morgan fingerprint density at radius 1 is 1.38 bits per heavy atom. The highest BCUT2D eigenvalue weighted by Gasteiger charge is 2.13. The summed E-state index contributed by atoms with van der Waals surface area (Å²) < 4.78 is 0. The fraction of sp³-hybridized carbons (Fsp3) is 0.0833. The van der Waals surface area contributed by atoms with Crippen LogP contribution in [0.15, 0.2) is 17.2 Å². The smallest absolute Gasteiger partial charge is 0.283 e. The summed E-state index contributed by atoms with van der Waals surface area (Å²) >= 11 is 19.0. The van der Waals surface area contributed by atoms with Crippen molar-refractivity contribution in [2.75, 3.05) is 5.73 Å². The van der Waals surface area contributed by atoms with Gasteiger partial charge in [0.1, 0.15) is 4.88 Å². The van der Waals surface area contributed by atoms with Crippen molar-refractivity contribution in [1.29, 1.82) is 0 Å². The first-order chi connectivity index (χ1) is 9.90. The zero-order chi connectivity index (χ0) is 15.6. The summed E-state index contributed by atoms with van der Waals surface area (Å²) in [4.78, 5) is 16.3. The summed E-state index contributed by atoms with van der Waals surface area (Å²) in [6, 6.07) is 3.17. The molecule has 0 fully saturated rings. The highest BCUT2D eigenvalue weighted by molar-refractivity contribution is 7.17. The number of hydrogen-bond donors (Lipinski definition) is 2. The molecule has 3 N–H and O–H groups in total. The fourth-order valence-corrected chi connectivity index (χ4v) is 2.85. The van der Waals surface area contributed by atoms with Crippen LogP contribution in [-0.4, -0.2) is 17.1 Å². The summed E-state index contributed by atoms with van der Waals surface area (Å²) in [5.41, 5.74) is 8.86. The number of hydrogen-bond acceptors (Lipinski definition) is 5. The Morgan fingerprint density at radius 3 is 2.67 bits per heavy atom. The van der Waals surface area contributed by atoms with Crippen LogP contribution in [0, 0.1) is 6.92 Å². The van der Waals surface area contributed by atoms with Gasteiger partial charge < -0.3 is 5.73 Å². The van der Waals surface area contributed by atoms with Crippen molar-refractivity contribution in [3.63, 3.8) is 0 Å². The lowest BCUT2D eigenvalue weighted by atomic mass is 10.2. The maximum Gasteiger partial charge on any atom is 0.283 e. The molecular weight excluding hydrogens is 355 g/mol. The Bertz CT molecular complexity index is 730. The number of anilines is 1. The van der Waals surface area contributed by atoms with Gasteiger partial charge >= 0.3 is 0 Å². The normalized spacial score (nSPS) is 11.0. The van der Waals surface area contributed by atoms with Gasteiger partial charge in [-0.2, -0.15) is 5.10 Å². The molecule has 0 atom stereocenters. The zero-order valence-electron chi connectivity index (χ0n) is 10.7. The van der Waals surface area contributed by atoms with Crippen LogP contribution in [0.1, 0.15) is 20.9 Å². The molecule has 0 spiro atoms. The van der Waals surface area contributed by atoms with Gasteiger partial charge in [-0.05, 0) is 19.1 Å². The molecular formula is C12H9Cl3N4OS. The number of nitrogens with one attached hydrogen (secondary N) is 1. The molecule has 0 radical (unpaired) electrons. The molecule has 110 valence electrons. The molecule has 0 aliphatic carbocycles. The Kier molecular flexibility index (Phi) is 5.05. The third-order valence-electron chi connectivity index (χ3n) is 2.46. The van der Waals surface area contributed by atoms with E-state index in [2.05, 4.69) is 15.5 Å². The number of nitrogens with zero attached hydrogens (tertiary/aromatic N) is 2. The Morgan fingerprint density at radius 2 is 2.05 bits per heavy atom. The minimum atomic E-state index is -0.410. The number of benzene rings is 1. The van der Waals surface area contributed by atoms with Crippen molar-refractivity contribution < 1.29 is 4.79 Å². The number of thiazole rings is 1. The van der Waals surface area contributed by atoms with Crippen LogP contribution >= 0.6 is 46.1 Å². The number of aromatic nitrogens is 1. The molecule has 1 amide bonds. The highest BCUT2D eigenvalue weighted by Crippen LogP contribution is 2.30. The Hall–Kier alpha value is -1.34. The van der Waals surface area contributed by atoms with Gasteiger partial charge in [-0.25, -0.2) is 10.4 Å². The van der Waals surface area contributed by atoms with Crippen molar-refractivity contribution in [1.82, 2.24) is 10.4 Å². The predicted molar refractivity (Wildman–Crippen MR) is 87.8 cm³/mol. The molecule has 0 aliphatic heterocycles. The lowest BCUT2D eigenvalue weighted by molar-refractivity contribution is 0.0958. The number of halogens is 3. The van der Waals surface area contributed by atoms with E-state index in [1.807, 2.05) is 0 Å². The first-order valence-electron chi connectivity index (χ1n) is 5.60. The number of hydrazone groups is 1. The number of carbonyl (C=O) groups is 1. The minimum Gasteiger partial charge on any atom is -0.375 e. The molecule has 2 rings (SSSR count). The van der Waals surface area contributed by atoms with Crippen molar-refractivity contribution in [3.05, 3.63) is 43.3 Å². The molecule has 0 aliphatic rings. The lowest BCUT2D eigenvalue weighted by Gasteiger charge is -2.03. The number of rotatable bonds is 3. The molecule has 0 unspecified atom stereocenters. The number of aryl methyl sites for hydroxylation is 1. The molecule has 5 nitrogen and oxygen atoms in total. The van der Waals surface area contributed by atoms with Crippen LogP contribution in [0.25, 0.3) is 0 Å². The Labute approximate surface area is 139 Å². The van der Waals surface area contributed by atoms with Gasteiger partial charge in [0.15, 0.2) is 5.13 Å². The van der Waals surface area contributed by atoms with E-state index in [9.17, 15) is 4.79 Å². The molecule has 0 saturated heterocycles. The van der Waals surface area contributed by atoms with E-state index in [0.717, 1.165) is 11.3 Å². The molecule has 1 aromatic heterocycles. The third kappa shape index (κ3) is 3.65. The maximum absolute atomic E-state index is 11.9. The first kappa shape index (κ1) is 16.0. The van der Waals surface area contributed by atoms with Gasteiger partial charge in [0.05, 0.1) is 27.0 Å². The van der Waals surface area contributed by atoms with Crippen LogP contribution in [-0.2, 0) is 0 Å². The van der Waals surface area contributed by atoms with Gasteiger partial charge in [-0.15, -0.1) is 0 Å². The minimum absolute atomic E-state index is 0.264. The summed E-state index contributed by atoms with van der Waals surface area (Å²) in [5, 5.41) is 5.13. The Balaban J connectivity index is 2.15. The molecule has 2 aromatic rings.